The molecule has 0 fully saturated rings. The molecule has 0 saturated carbocycles. The van der Waals surface area contributed by atoms with Gasteiger partial charge in [-0.3, -0.25) is 9.59 Å². The maximum Gasteiger partial charge on any atom is 0.260 e. The molecule has 2 N–H and O–H groups in total. The van der Waals surface area contributed by atoms with Crippen molar-refractivity contribution in [3.63, 3.8) is 0 Å². The van der Waals surface area contributed by atoms with E-state index < -0.39 is 11.5 Å². The molecule has 1 radical (unpaired) electrons. The summed E-state index contributed by atoms with van der Waals surface area (Å²) in [5.41, 5.74) is 0.292. The van der Waals surface area contributed by atoms with Gasteiger partial charge in [0.1, 0.15) is 5.56 Å². The van der Waals surface area contributed by atoms with Gasteiger partial charge in [0.15, 0.2) is 0 Å². The Bertz CT molecular complexity index is 354. The van der Waals surface area contributed by atoms with Gasteiger partial charge in [-0.05, 0) is 18.6 Å². The zero-order chi connectivity index (χ0) is 9.14. The number of pyridine rings is 1. The summed E-state index contributed by atoms with van der Waals surface area (Å²) in [5, 5.41) is 2.36. The first kappa shape index (κ1) is 8.52. The molecule has 1 aromatic heterocycles. The summed E-state index contributed by atoms with van der Waals surface area (Å²) >= 11 is 0. The number of H-pyrrole nitrogens is 1. The summed E-state index contributed by atoms with van der Waals surface area (Å²) in [6.07, 6.45) is 1.45. The molecule has 0 aliphatic rings. The van der Waals surface area contributed by atoms with E-state index in [-0.39, 0.29) is 5.56 Å². The van der Waals surface area contributed by atoms with Crippen molar-refractivity contribution in [2.24, 2.45) is 0 Å². The van der Waals surface area contributed by atoms with Gasteiger partial charge in [0.25, 0.3) is 11.5 Å². The fraction of sp³-hybridized carbons (Fsp3) is 0.125. The highest BCUT2D eigenvalue weighted by Crippen LogP contribution is 1.95. The van der Waals surface area contributed by atoms with Crippen LogP contribution in [0.5, 0.6) is 0 Å². The molecule has 0 aliphatic heterocycles. The van der Waals surface area contributed by atoms with Crippen LogP contribution in [-0.2, 0) is 0 Å². The minimum absolute atomic E-state index is 0.0880. The third kappa shape index (κ3) is 1.53. The van der Waals surface area contributed by atoms with Crippen LogP contribution in [0.3, 0.4) is 0 Å². The highest BCUT2D eigenvalue weighted by Gasteiger charge is 2.07. The molecule has 0 spiro atoms. The van der Waals surface area contributed by atoms with Crippen LogP contribution in [0.4, 0.5) is 0 Å². The van der Waals surface area contributed by atoms with E-state index >= 15 is 0 Å². The van der Waals surface area contributed by atoms with Crippen molar-refractivity contribution >= 4 is 5.91 Å². The molecule has 1 rings (SSSR count). The molecule has 1 heterocycles. The normalized spacial score (nSPS) is 9.50. The molecular formula is C8H9N2O2. The molecule has 0 atom stereocenters. The monoisotopic (exact) mass is 165 g/mol. The maximum atomic E-state index is 11.0. The summed E-state index contributed by atoms with van der Waals surface area (Å²) in [6.45, 7) is 3.59. The van der Waals surface area contributed by atoms with Crippen LogP contribution in [0.2, 0.25) is 0 Å². The topological polar surface area (TPSA) is 62.0 Å². The van der Waals surface area contributed by atoms with E-state index in [0.717, 1.165) is 0 Å². The number of aromatic amines is 1. The Kier molecular flexibility index (Phi) is 2.28. The minimum Gasteiger partial charge on any atom is -0.355 e. The molecular weight excluding hydrogens is 156 g/mol. The Morgan fingerprint density at radius 2 is 2.33 bits per heavy atom. The fourth-order valence-corrected chi connectivity index (χ4v) is 0.832. The average molecular weight is 165 g/mol. The van der Waals surface area contributed by atoms with Crippen LogP contribution >= 0.6 is 0 Å². The van der Waals surface area contributed by atoms with Crippen molar-refractivity contribution in [3.05, 3.63) is 40.7 Å². The number of rotatable bonds is 1. The smallest absolute Gasteiger partial charge is 0.260 e. The van der Waals surface area contributed by atoms with Crippen molar-refractivity contribution in [3.8, 4) is 0 Å². The van der Waals surface area contributed by atoms with E-state index in [1.807, 2.05) is 0 Å². The van der Waals surface area contributed by atoms with E-state index in [1.165, 1.54) is 19.3 Å². The third-order valence-corrected chi connectivity index (χ3v) is 1.43. The second-order valence-corrected chi connectivity index (χ2v) is 2.33. The zero-order valence-corrected chi connectivity index (χ0v) is 6.68. The lowest BCUT2D eigenvalue weighted by Crippen LogP contribution is -2.26. The molecule has 1 aromatic rings. The van der Waals surface area contributed by atoms with Crippen molar-refractivity contribution in [1.82, 2.24) is 10.3 Å². The lowest BCUT2D eigenvalue weighted by atomic mass is 10.2. The predicted molar refractivity (Wildman–Crippen MR) is 44.9 cm³/mol. The SMILES string of the molecule is [CH2]c1c[nH]c(=O)c(C(=O)NC)c1. The lowest BCUT2D eigenvalue weighted by Gasteiger charge is -1.98. The van der Waals surface area contributed by atoms with Crippen LogP contribution in [-0.4, -0.2) is 17.9 Å². The zero-order valence-electron chi connectivity index (χ0n) is 6.68. The van der Waals surface area contributed by atoms with Crippen molar-refractivity contribution in [2.45, 2.75) is 0 Å². The van der Waals surface area contributed by atoms with Crippen LogP contribution in [0.25, 0.3) is 0 Å². The van der Waals surface area contributed by atoms with Crippen LogP contribution in [0.15, 0.2) is 17.1 Å². The Morgan fingerprint density at radius 3 is 2.92 bits per heavy atom. The average Bonchev–Trinajstić information content (AvgIpc) is 2.08. The second kappa shape index (κ2) is 3.21. The number of hydrogen-bond acceptors (Lipinski definition) is 2. The molecule has 4 nitrogen and oxygen atoms in total. The van der Waals surface area contributed by atoms with E-state index in [4.69, 9.17) is 0 Å². The molecule has 12 heavy (non-hydrogen) atoms. The number of hydrogen-bond donors (Lipinski definition) is 2. The maximum absolute atomic E-state index is 11.0. The molecule has 63 valence electrons. The van der Waals surface area contributed by atoms with E-state index in [0.29, 0.717) is 5.56 Å². The first-order chi connectivity index (χ1) is 5.65. The van der Waals surface area contributed by atoms with Gasteiger partial charge in [-0.2, -0.15) is 0 Å². The Hall–Kier alpha value is -1.58. The Balaban J connectivity index is 3.23. The number of carbonyl (C=O) groups excluding carboxylic acids is 1. The van der Waals surface area contributed by atoms with Crippen LogP contribution < -0.4 is 10.9 Å². The standard InChI is InChI=1S/C8H9N2O2/c1-5-3-6(7(11)9-2)8(12)10-4-5/h3-4H,1H2,2H3,(H,9,11)(H,10,12). The number of amides is 1. The van der Waals surface area contributed by atoms with E-state index in [1.54, 1.807) is 0 Å². The summed E-state index contributed by atoms with van der Waals surface area (Å²) < 4.78 is 0. The van der Waals surface area contributed by atoms with Gasteiger partial charge in [-0.25, -0.2) is 0 Å². The molecule has 0 aromatic carbocycles. The second-order valence-electron chi connectivity index (χ2n) is 2.33. The minimum atomic E-state index is -0.401. The predicted octanol–water partition coefficient (Wildman–Crippen LogP) is -0.0833. The molecule has 0 aliphatic carbocycles. The molecule has 4 heteroatoms. The van der Waals surface area contributed by atoms with E-state index in [9.17, 15) is 9.59 Å². The van der Waals surface area contributed by atoms with Crippen molar-refractivity contribution in [1.29, 1.82) is 0 Å². The van der Waals surface area contributed by atoms with Gasteiger partial charge in [-0.1, -0.05) is 0 Å². The molecule has 0 saturated heterocycles. The van der Waals surface area contributed by atoms with E-state index in [2.05, 4.69) is 17.2 Å². The highest BCUT2D eigenvalue weighted by atomic mass is 16.2. The number of aromatic nitrogens is 1. The number of nitrogens with one attached hydrogen (secondary N) is 2. The Morgan fingerprint density at radius 1 is 1.67 bits per heavy atom. The quantitative estimate of drug-likeness (QED) is 0.611. The highest BCUT2D eigenvalue weighted by molar-refractivity contribution is 5.93. The van der Waals surface area contributed by atoms with Gasteiger partial charge >= 0.3 is 0 Å². The fourth-order valence-electron chi connectivity index (χ4n) is 0.832. The molecule has 1 amide bonds. The van der Waals surface area contributed by atoms with Gasteiger partial charge in [-0.15, -0.1) is 0 Å². The summed E-state index contributed by atoms with van der Waals surface area (Å²) in [7, 11) is 1.47. The Labute approximate surface area is 69.6 Å². The van der Waals surface area contributed by atoms with Crippen LogP contribution in [0.1, 0.15) is 15.9 Å². The molecule has 0 unspecified atom stereocenters. The van der Waals surface area contributed by atoms with Gasteiger partial charge < -0.3 is 10.3 Å². The molecule has 0 bridgehead atoms. The number of carbonyl (C=O) groups is 1. The first-order valence-corrected chi connectivity index (χ1v) is 3.42. The third-order valence-electron chi connectivity index (χ3n) is 1.43. The van der Waals surface area contributed by atoms with Crippen molar-refractivity contribution < 1.29 is 4.79 Å². The summed E-state index contributed by atoms with van der Waals surface area (Å²) in [6, 6.07) is 1.44. The van der Waals surface area contributed by atoms with Gasteiger partial charge in [0.2, 0.25) is 0 Å². The van der Waals surface area contributed by atoms with Crippen molar-refractivity contribution in [2.75, 3.05) is 7.05 Å². The first-order valence-electron chi connectivity index (χ1n) is 3.42. The summed E-state index contributed by atoms with van der Waals surface area (Å²) in [5.74, 6) is -0.401. The van der Waals surface area contributed by atoms with Gasteiger partial charge in [0, 0.05) is 13.2 Å². The largest absolute Gasteiger partial charge is 0.355 e. The lowest BCUT2D eigenvalue weighted by molar-refractivity contribution is 0.0961. The van der Waals surface area contributed by atoms with Crippen LogP contribution in [0, 0.1) is 6.92 Å². The summed E-state index contributed by atoms with van der Waals surface area (Å²) in [4.78, 5) is 24.5. The van der Waals surface area contributed by atoms with Gasteiger partial charge in [0.05, 0.1) is 0 Å².